The molecule has 0 spiro atoms. The van der Waals surface area contributed by atoms with Crippen molar-refractivity contribution in [3.05, 3.63) is 16.1 Å². The number of rotatable bonds is 5. The molecule has 5 heteroatoms. The fourth-order valence-corrected chi connectivity index (χ4v) is 3.31. The Morgan fingerprint density at radius 2 is 2.21 bits per heavy atom. The lowest BCUT2D eigenvalue weighted by Crippen LogP contribution is -2.31. The summed E-state index contributed by atoms with van der Waals surface area (Å²) in [7, 11) is 0. The number of thiazole rings is 1. The van der Waals surface area contributed by atoms with E-state index in [-0.39, 0.29) is 5.91 Å². The molecule has 4 nitrogen and oxygen atoms in total. The number of hydrogen-bond acceptors (Lipinski definition) is 4. The van der Waals surface area contributed by atoms with Crippen LogP contribution < -0.4 is 11.1 Å². The molecule has 1 aromatic heterocycles. The maximum atomic E-state index is 12.0. The van der Waals surface area contributed by atoms with Crippen LogP contribution in [0, 0.1) is 11.8 Å². The van der Waals surface area contributed by atoms with Crippen LogP contribution in [0.1, 0.15) is 48.1 Å². The zero-order valence-corrected chi connectivity index (χ0v) is 12.3. The van der Waals surface area contributed by atoms with Gasteiger partial charge in [-0.25, -0.2) is 4.98 Å². The SMILES string of the molecule is CC1CCC(CNC(=O)c2csc(CCN)n2)CC1. The second kappa shape index (κ2) is 7.01. The minimum atomic E-state index is -0.0434. The zero-order valence-electron chi connectivity index (χ0n) is 11.5. The number of nitrogens with two attached hydrogens (primary N) is 1. The van der Waals surface area contributed by atoms with Crippen molar-refractivity contribution in [3.8, 4) is 0 Å². The summed E-state index contributed by atoms with van der Waals surface area (Å²) in [4.78, 5) is 16.3. The van der Waals surface area contributed by atoms with Crippen molar-refractivity contribution in [2.45, 2.75) is 39.0 Å². The summed E-state index contributed by atoms with van der Waals surface area (Å²) < 4.78 is 0. The number of hydrogen-bond donors (Lipinski definition) is 2. The van der Waals surface area contributed by atoms with Crippen LogP contribution in [-0.4, -0.2) is 24.0 Å². The quantitative estimate of drug-likeness (QED) is 0.869. The molecule has 0 radical (unpaired) electrons. The van der Waals surface area contributed by atoms with Gasteiger partial charge in [0.25, 0.3) is 5.91 Å². The van der Waals surface area contributed by atoms with Gasteiger partial charge in [-0.2, -0.15) is 0 Å². The molecule has 1 aliphatic carbocycles. The summed E-state index contributed by atoms with van der Waals surface area (Å²) in [6, 6.07) is 0. The minimum absolute atomic E-state index is 0.0434. The third-order valence-corrected chi connectivity index (χ3v) is 4.74. The number of amides is 1. The highest BCUT2D eigenvalue weighted by molar-refractivity contribution is 7.09. The van der Waals surface area contributed by atoms with Crippen molar-refractivity contribution in [3.63, 3.8) is 0 Å². The fraction of sp³-hybridized carbons (Fsp3) is 0.714. The predicted octanol–water partition coefficient (Wildman–Crippen LogP) is 2.20. The first-order valence-corrected chi connectivity index (χ1v) is 7.99. The van der Waals surface area contributed by atoms with Crippen LogP contribution in [0.4, 0.5) is 0 Å². The fourth-order valence-electron chi connectivity index (χ4n) is 2.51. The van der Waals surface area contributed by atoms with Gasteiger partial charge in [-0.15, -0.1) is 11.3 Å². The summed E-state index contributed by atoms with van der Waals surface area (Å²) >= 11 is 1.51. The van der Waals surface area contributed by atoms with Crippen molar-refractivity contribution in [1.82, 2.24) is 10.3 Å². The Balaban J connectivity index is 1.77. The van der Waals surface area contributed by atoms with Gasteiger partial charge in [-0.3, -0.25) is 4.79 Å². The van der Waals surface area contributed by atoms with Crippen molar-refractivity contribution in [1.29, 1.82) is 0 Å². The molecular formula is C14H23N3OS. The van der Waals surface area contributed by atoms with Gasteiger partial charge in [0.15, 0.2) is 0 Å². The van der Waals surface area contributed by atoms with E-state index in [4.69, 9.17) is 5.73 Å². The lowest BCUT2D eigenvalue weighted by molar-refractivity contribution is 0.0937. The van der Waals surface area contributed by atoms with E-state index < -0.39 is 0 Å². The van der Waals surface area contributed by atoms with Gasteiger partial charge < -0.3 is 11.1 Å². The van der Waals surface area contributed by atoms with Crippen molar-refractivity contribution in [2.75, 3.05) is 13.1 Å². The van der Waals surface area contributed by atoms with E-state index in [1.807, 2.05) is 5.38 Å². The normalized spacial score (nSPS) is 23.3. The molecule has 0 unspecified atom stereocenters. The topological polar surface area (TPSA) is 68.0 Å². The average Bonchev–Trinajstić information content (AvgIpc) is 2.87. The Kier molecular flexibility index (Phi) is 5.34. The maximum absolute atomic E-state index is 12.0. The molecule has 1 saturated carbocycles. The van der Waals surface area contributed by atoms with Crippen LogP contribution in [0.2, 0.25) is 0 Å². The predicted molar refractivity (Wildman–Crippen MR) is 78.3 cm³/mol. The second-order valence-electron chi connectivity index (χ2n) is 5.50. The molecule has 0 bridgehead atoms. The number of nitrogens with one attached hydrogen (secondary N) is 1. The molecule has 0 saturated heterocycles. The van der Waals surface area contributed by atoms with Crippen LogP contribution >= 0.6 is 11.3 Å². The molecule has 0 aliphatic heterocycles. The summed E-state index contributed by atoms with van der Waals surface area (Å²) in [6.07, 6.45) is 5.79. The van der Waals surface area contributed by atoms with Gasteiger partial charge in [-0.05, 0) is 31.2 Å². The monoisotopic (exact) mass is 281 g/mol. The number of nitrogens with zero attached hydrogens (tertiary/aromatic N) is 1. The highest BCUT2D eigenvalue weighted by Crippen LogP contribution is 2.27. The first-order chi connectivity index (χ1) is 9.19. The Morgan fingerprint density at radius 1 is 1.47 bits per heavy atom. The Labute approximate surface area is 118 Å². The van der Waals surface area contributed by atoms with Gasteiger partial charge in [0.05, 0.1) is 5.01 Å². The van der Waals surface area contributed by atoms with E-state index in [0.29, 0.717) is 18.2 Å². The molecule has 106 valence electrons. The van der Waals surface area contributed by atoms with E-state index in [1.54, 1.807) is 0 Å². The van der Waals surface area contributed by atoms with Crippen LogP contribution in [0.15, 0.2) is 5.38 Å². The molecule has 1 aliphatic rings. The number of carbonyl (C=O) groups excluding carboxylic acids is 1. The summed E-state index contributed by atoms with van der Waals surface area (Å²) in [5, 5.41) is 5.78. The van der Waals surface area contributed by atoms with E-state index in [9.17, 15) is 4.79 Å². The Hall–Kier alpha value is -0.940. The summed E-state index contributed by atoms with van der Waals surface area (Å²) in [5.74, 6) is 1.45. The lowest BCUT2D eigenvalue weighted by Gasteiger charge is -2.26. The molecule has 1 aromatic rings. The second-order valence-corrected chi connectivity index (χ2v) is 6.44. The van der Waals surface area contributed by atoms with Crippen molar-refractivity contribution < 1.29 is 4.79 Å². The average molecular weight is 281 g/mol. The first kappa shape index (κ1) is 14.5. The van der Waals surface area contributed by atoms with E-state index in [1.165, 1.54) is 37.0 Å². The van der Waals surface area contributed by atoms with Gasteiger partial charge in [0, 0.05) is 18.3 Å². The third-order valence-electron chi connectivity index (χ3n) is 3.83. The van der Waals surface area contributed by atoms with E-state index in [0.717, 1.165) is 23.9 Å². The van der Waals surface area contributed by atoms with Crippen LogP contribution in [0.5, 0.6) is 0 Å². The molecular weight excluding hydrogens is 258 g/mol. The minimum Gasteiger partial charge on any atom is -0.350 e. The van der Waals surface area contributed by atoms with Crippen LogP contribution in [0.3, 0.4) is 0 Å². The van der Waals surface area contributed by atoms with Gasteiger partial charge in [0.1, 0.15) is 5.69 Å². The largest absolute Gasteiger partial charge is 0.350 e. The lowest BCUT2D eigenvalue weighted by atomic mass is 9.83. The van der Waals surface area contributed by atoms with Crippen LogP contribution in [-0.2, 0) is 6.42 Å². The van der Waals surface area contributed by atoms with E-state index in [2.05, 4.69) is 17.2 Å². The summed E-state index contributed by atoms with van der Waals surface area (Å²) in [5.41, 5.74) is 6.02. The van der Waals surface area contributed by atoms with Gasteiger partial charge >= 0.3 is 0 Å². The molecule has 1 fully saturated rings. The maximum Gasteiger partial charge on any atom is 0.270 e. The summed E-state index contributed by atoms with van der Waals surface area (Å²) in [6.45, 7) is 3.67. The molecule has 2 rings (SSSR count). The molecule has 0 atom stereocenters. The van der Waals surface area contributed by atoms with Gasteiger partial charge in [0.2, 0.25) is 0 Å². The molecule has 19 heavy (non-hydrogen) atoms. The molecule has 1 amide bonds. The Bertz CT molecular complexity index is 411. The number of carbonyl (C=O) groups is 1. The van der Waals surface area contributed by atoms with Crippen LogP contribution in [0.25, 0.3) is 0 Å². The Morgan fingerprint density at radius 3 is 2.89 bits per heavy atom. The standard InChI is InChI=1S/C14H23N3OS/c1-10-2-4-11(5-3-10)8-16-14(18)12-9-19-13(17-12)6-7-15/h9-11H,2-8,15H2,1H3,(H,16,18). The highest BCUT2D eigenvalue weighted by atomic mass is 32.1. The van der Waals surface area contributed by atoms with E-state index >= 15 is 0 Å². The van der Waals surface area contributed by atoms with Crippen molar-refractivity contribution >= 4 is 17.2 Å². The number of aromatic nitrogens is 1. The third kappa shape index (κ3) is 4.28. The molecule has 1 heterocycles. The molecule has 3 N–H and O–H groups in total. The first-order valence-electron chi connectivity index (χ1n) is 7.11. The van der Waals surface area contributed by atoms with Gasteiger partial charge in [-0.1, -0.05) is 19.8 Å². The van der Waals surface area contributed by atoms with Crippen molar-refractivity contribution in [2.24, 2.45) is 17.6 Å². The zero-order chi connectivity index (χ0) is 13.7. The highest BCUT2D eigenvalue weighted by Gasteiger charge is 2.19. The smallest absolute Gasteiger partial charge is 0.270 e. The molecule has 0 aromatic carbocycles.